The number of carbonyl (C=O) groups excluding carboxylic acids is 1. The number of hydrogen-bond donors (Lipinski definition) is 1. The summed E-state index contributed by atoms with van der Waals surface area (Å²) in [5.74, 6) is 1.01. The van der Waals surface area contributed by atoms with E-state index in [9.17, 15) is 13.2 Å². The van der Waals surface area contributed by atoms with Gasteiger partial charge < -0.3 is 9.64 Å². The Labute approximate surface area is 187 Å². The molecule has 2 heterocycles. The summed E-state index contributed by atoms with van der Waals surface area (Å²) in [4.78, 5) is 15.7. The van der Waals surface area contributed by atoms with Crippen molar-refractivity contribution in [1.82, 2.24) is 9.62 Å². The number of amides is 1. The minimum absolute atomic E-state index is 0.0255. The summed E-state index contributed by atoms with van der Waals surface area (Å²) in [5, 5.41) is 0. The maximum atomic E-state index is 13.6. The van der Waals surface area contributed by atoms with Gasteiger partial charge in [0.15, 0.2) is 0 Å². The van der Waals surface area contributed by atoms with E-state index in [0.717, 1.165) is 11.1 Å². The molecule has 0 atom stereocenters. The van der Waals surface area contributed by atoms with E-state index < -0.39 is 15.9 Å². The third-order valence-electron chi connectivity index (χ3n) is 6.11. The fraction of sp³-hybridized carbons (Fsp3) is 0.240. The molecule has 0 saturated carbocycles. The number of rotatable bonds is 4. The number of carbonyl (C=O) groups is 1. The molecule has 5 rings (SSSR count). The van der Waals surface area contributed by atoms with Crippen molar-refractivity contribution in [2.45, 2.75) is 29.7 Å². The minimum atomic E-state index is -3.57. The van der Waals surface area contributed by atoms with Gasteiger partial charge >= 0.3 is 0 Å². The van der Waals surface area contributed by atoms with Crippen LogP contribution >= 0.6 is 0 Å². The highest BCUT2D eigenvalue weighted by Crippen LogP contribution is 2.44. The second kappa shape index (κ2) is 8.41. The fourth-order valence-electron chi connectivity index (χ4n) is 4.46. The smallest absolute Gasteiger partial charge is 0.240 e. The molecule has 2 aliphatic heterocycles. The molecule has 0 spiro atoms. The Morgan fingerprint density at radius 2 is 1.34 bits per heavy atom. The largest absolute Gasteiger partial charge is 0.457 e. The zero-order valence-corrected chi connectivity index (χ0v) is 18.3. The van der Waals surface area contributed by atoms with Crippen molar-refractivity contribution in [3.63, 3.8) is 0 Å². The van der Waals surface area contributed by atoms with E-state index in [0.29, 0.717) is 37.4 Å². The molecule has 0 aromatic heterocycles. The summed E-state index contributed by atoms with van der Waals surface area (Å²) in [6, 6.07) is 23.5. The molecule has 7 heteroatoms. The van der Waals surface area contributed by atoms with Crippen LogP contribution in [0.2, 0.25) is 0 Å². The van der Waals surface area contributed by atoms with Crippen LogP contribution in [0.4, 0.5) is 0 Å². The number of sulfonamides is 1. The molecule has 0 unspecified atom stereocenters. The van der Waals surface area contributed by atoms with Gasteiger partial charge in [0.05, 0.1) is 10.8 Å². The van der Waals surface area contributed by atoms with Gasteiger partial charge in [-0.05, 0) is 37.1 Å². The van der Waals surface area contributed by atoms with Crippen LogP contribution in [-0.2, 0) is 14.8 Å². The highest BCUT2D eigenvalue weighted by atomic mass is 32.2. The second-order valence-corrected chi connectivity index (χ2v) is 9.86. The predicted molar refractivity (Wildman–Crippen MR) is 121 cm³/mol. The number of nitrogens with zero attached hydrogens (tertiary/aromatic N) is 1. The van der Waals surface area contributed by atoms with Gasteiger partial charge in [-0.15, -0.1) is 0 Å². The van der Waals surface area contributed by atoms with Crippen LogP contribution in [0.3, 0.4) is 0 Å². The Morgan fingerprint density at radius 1 is 0.812 bits per heavy atom. The lowest BCUT2D eigenvalue weighted by molar-refractivity contribution is -0.133. The van der Waals surface area contributed by atoms with Crippen molar-refractivity contribution in [3.8, 4) is 11.5 Å². The van der Waals surface area contributed by atoms with Crippen molar-refractivity contribution in [1.29, 1.82) is 0 Å². The van der Waals surface area contributed by atoms with Crippen molar-refractivity contribution >= 4 is 15.9 Å². The number of para-hydroxylation sites is 2. The van der Waals surface area contributed by atoms with Crippen LogP contribution in [0.5, 0.6) is 11.5 Å². The van der Waals surface area contributed by atoms with Gasteiger partial charge in [-0.25, -0.2) is 13.1 Å². The number of ether oxygens (including phenoxy) is 1. The van der Waals surface area contributed by atoms with Crippen molar-refractivity contribution < 1.29 is 17.9 Å². The number of fused-ring (bicyclic) bond motifs is 2. The maximum Gasteiger partial charge on any atom is 0.240 e. The van der Waals surface area contributed by atoms with E-state index in [1.807, 2.05) is 53.4 Å². The lowest BCUT2D eigenvalue weighted by Gasteiger charge is -2.36. The molecular weight excluding hydrogens is 424 g/mol. The number of hydrogen-bond acceptors (Lipinski definition) is 4. The van der Waals surface area contributed by atoms with Gasteiger partial charge in [-0.1, -0.05) is 54.6 Å². The van der Waals surface area contributed by atoms with E-state index in [2.05, 4.69) is 4.72 Å². The maximum absolute atomic E-state index is 13.6. The highest BCUT2D eigenvalue weighted by Gasteiger charge is 2.36. The van der Waals surface area contributed by atoms with Crippen LogP contribution in [0.15, 0.2) is 83.8 Å². The van der Waals surface area contributed by atoms with Crippen LogP contribution in [0.1, 0.15) is 29.9 Å². The van der Waals surface area contributed by atoms with Gasteiger partial charge in [0.25, 0.3) is 0 Å². The van der Waals surface area contributed by atoms with Crippen molar-refractivity contribution in [2.24, 2.45) is 0 Å². The number of likely N-dealkylation sites (tertiary alicyclic amines) is 1. The molecule has 3 aromatic rings. The summed E-state index contributed by atoms with van der Waals surface area (Å²) < 4.78 is 34.1. The van der Waals surface area contributed by atoms with Crippen molar-refractivity contribution in [3.05, 3.63) is 90.0 Å². The average Bonchev–Trinajstić information content (AvgIpc) is 2.83. The highest BCUT2D eigenvalue weighted by molar-refractivity contribution is 7.89. The molecule has 1 fully saturated rings. The topological polar surface area (TPSA) is 75.7 Å². The van der Waals surface area contributed by atoms with Gasteiger partial charge in [-0.2, -0.15) is 0 Å². The van der Waals surface area contributed by atoms with Gasteiger partial charge in [0, 0.05) is 30.3 Å². The first-order valence-corrected chi connectivity index (χ1v) is 12.2. The molecule has 0 radical (unpaired) electrons. The lowest BCUT2D eigenvalue weighted by atomic mass is 9.86. The first-order valence-electron chi connectivity index (χ1n) is 10.7. The first kappa shape index (κ1) is 20.7. The molecule has 6 nitrogen and oxygen atoms in total. The van der Waals surface area contributed by atoms with Gasteiger partial charge in [-0.3, -0.25) is 4.79 Å². The number of piperidine rings is 1. The summed E-state index contributed by atoms with van der Waals surface area (Å²) in [7, 11) is -3.57. The summed E-state index contributed by atoms with van der Waals surface area (Å²) in [5.41, 5.74) is 1.73. The quantitative estimate of drug-likeness (QED) is 0.657. The van der Waals surface area contributed by atoms with E-state index in [4.69, 9.17) is 4.74 Å². The van der Waals surface area contributed by atoms with Crippen LogP contribution < -0.4 is 9.46 Å². The van der Waals surface area contributed by atoms with Crippen LogP contribution in [-0.4, -0.2) is 38.4 Å². The Morgan fingerprint density at radius 3 is 1.94 bits per heavy atom. The summed E-state index contributed by atoms with van der Waals surface area (Å²) >= 11 is 0. The molecule has 2 aliphatic rings. The molecule has 0 aliphatic carbocycles. The third-order valence-corrected chi connectivity index (χ3v) is 7.65. The Balaban J connectivity index is 1.31. The van der Waals surface area contributed by atoms with E-state index in [-0.39, 0.29) is 16.8 Å². The van der Waals surface area contributed by atoms with Crippen molar-refractivity contribution in [2.75, 3.05) is 13.1 Å². The molecule has 32 heavy (non-hydrogen) atoms. The predicted octanol–water partition coefficient (Wildman–Crippen LogP) is 3.89. The van der Waals surface area contributed by atoms with E-state index in [1.165, 1.54) is 0 Å². The molecule has 1 amide bonds. The van der Waals surface area contributed by atoms with Crippen LogP contribution in [0, 0.1) is 0 Å². The zero-order chi connectivity index (χ0) is 22.1. The van der Waals surface area contributed by atoms with Gasteiger partial charge in [0.2, 0.25) is 15.9 Å². The number of nitrogens with one attached hydrogen (secondary N) is 1. The zero-order valence-electron chi connectivity index (χ0n) is 17.5. The summed E-state index contributed by atoms with van der Waals surface area (Å²) in [6.45, 7) is 1.00. The average molecular weight is 449 g/mol. The van der Waals surface area contributed by atoms with E-state index in [1.54, 1.807) is 30.3 Å². The molecular formula is C25H24N2O4S. The van der Waals surface area contributed by atoms with E-state index >= 15 is 0 Å². The SMILES string of the molecule is O=C(C1c2ccccc2Oc2ccccc21)N1CCC(NS(=O)(=O)c2ccccc2)CC1. The standard InChI is InChI=1S/C25H24N2O4S/c28-25(24-20-10-4-6-12-22(20)31-23-13-7-5-11-21(23)24)27-16-14-18(15-17-27)26-32(29,30)19-8-2-1-3-9-19/h1-13,18,24,26H,14-17H2. The Kier molecular flexibility index (Phi) is 5.45. The lowest BCUT2D eigenvalue weighted by Crippen LogP contribution is -2.48. The normalized spacial score (nSPS) is 16.7. The van der Waals surface area contributed by atoms with Gasteiger partial charge in [0.1, 0.15) is 11.5 Å². The minimum Gasteiger partial charge on any atom is -0.457 e. The molecule has 1 saturated heterocycles. The first-order chi connectivity index (χ1) is 15.5. The third kappa shape index (κ3) is 3.89. The molecule has 1 N–H and O–H groups in total. The molecule has 164 valence electrons. The Bertz CT molecular complexity index is 1190. The number of benzene rings is 3. The second-order valence-electron chi connectivity index (χ2n) is 8.14. The fourth-order valence-corrected chi connectivity index (χ4v) is 5.79. The molecule has 0 bridgehead atoms. The molecule has 3 aromatic carbocycles. The Hall–Kier alpha value is -3.16. The monoisotopic (exact) mass is 448 g/mol. The summed E-state index contributed by atoms with van der Waals surface area (Å²) in [6.07, 6.45) is 1.15. The van der Waals surface area contributed by atoms with Crippen LogP contribution in [0.25, 0.3) is 0 Å².